The van der Waals surface area contributed by atoms with Crippen LogP contribution < -0.4 is 10.2 Å². The number of nitro groups is 1. The summed E-state index contributed by atoms with van der Waals surface area (Å²) in [7, 11) is 0. The summed E-state index contributed by atoms with van der Waals surface area (Å²) >= 11 is 6.23. The topological polar surface area (TPSA) is 130 Å². The number of carbonyl (C=O) groups is 3. The normalized spacial score (nSPS) is 15.7. The first-order valence-corrected chi connectivity index (χ1v) is 9.11. The number of phenolic OH excluding ortho intramolecular Hbond substituents is 1. The van der Waals surface area contributed by atoms with E-state index in [-0.39, 0.29) is 21.4 Å². The zero-order valence-corrected chi connectivity index (χ0v) is 16.9. The van der Waals surface area contributed by atoms with Crippen molar-refractivity contribution in [2.45, 2.75) is 0 Å². The average Bonchev–Trinajstić information content (AvgIpc) is 2.63. The van der Waals surface area contributed by atoms with E-state index in [4.69, 9.17) is 0 Å². The molecule has 2 aromatic carbocycles. The lowest BCUT2D eigenvalue weighted by Crippen LogP contribution is -2.54. The van der Waals surface area contributed by atoms with Crippen molar-refractivity contribution in [2.75, 3.05) is 4.90 Å². The molecule has 1 saturated heterocycles. The molecule has 4 amide bonds. The molecular weight excluding hydrogens is 502 g/mol. The van der Waals surface area contributed by atoms with Gasteiger partial charge < -0.3 is 5.11 Å². The summed E-state index contributed by atoms with van der Waals surface area (Å²) in [6, 6.07) is 7.37. The first kappa shape index (κ1) is 19.7. The van der Waals surface area contributed by atoms with E-state index in [9.17, 15) is 29.6 Å². The van der Waals surface area contributed by atoms with E-state index in [1.165, 1.54) is 12.1 Å². The molecule has 0 unspecified atom stereocenters. The number of nitrogens with zero attached hydrogens (tertiary/aromatic N) is 2. The Bertz CT molecular complexity index is 1070. The smallest absolute Gasteiger partial charge is 0.335 e. The molecule has 3 rings (SSSR count). The number of barbiturate groups is 1. The Morgan fingerprint density at radius 2 is 1.75 bits per heavy atom. The van der Waals surface area contributed by atoms with Gasteiger partial charge in [0.1, 0.15) is 11.3 Å². The van der Waals surface area contributed by atoms with Gasteiger partial charge in [0.25, 0.3) is 17.5 Å². The van der Waals surface area contributed by atoms with Crippen LogP contribution in [0.25, 0.3) is 6.08 Å². The molecule has 0 saturated carbocycles. The minimum Gasteiger partial charge on any atom is -0.506 e. The van der Waals surface area contributed by atoms with E-state index in [0.717, 1.165) is 27.6 Å². The average molecular weight is 511 g/mol. The number of benzene rings is 2. The fourth-order valence-electron chi connectivity index (χ4n) is 2.46. The number of nitro benzene ring substituents is 1. The second-order valence-electron chi connectivity index (χ2n) is 5.56. The third-order valence-corrected chi connectivity index (χ3v) is 4.91. The molecule has 0 aromatic heterocycles. The SMILES string of the molecule is O=C1NC(=O)N(c2ccc(Br)cc2)C(=O)/C1=C/c1cc([N+](=O)[O-])cc(Br)c1O. The summed E-state index contributed by atoms with van der Waals surface area (Å²) < 4.78 is 0.734. The number of imide groups is 2. The number of amides is 4. The number of halogens is 2. The van der Waals surface area contributed by atoms with Crippen LogP contribution in [0.1, 0.15) is 5.56 Å². The lowest BCUT2D eigenvalue weighted by atomic mass is 10.1. The molecule has 1 aliphatic heterocycles. The number of urea groups is 1. The Hall–Kier alpha value is -3.05. The number of phenols is 1. The highest BCUT2D eigenvalue weighted by molar-refractivity contribution is 9.10. The molecule has 142 valence electrons. The van der Waals surface area contributed by atoms with Crippen LogP contribution in [0.4, 0.5) is 16.2 Å². The van der Waals surface area contributed by atoms with Crippen molar-refractivity contribution in [2.24, 2.45) is 0 Å². The van der Waals surface area contributed by atoms with Crippen LogP contribution in [0.2, 0.25) is 0 Å². The summed E-state index contributed by atoms with van der Waals surface area (Å²) in [5.41, 5.74) is -0.746. The predicted molar refractivity (Wildman–Crippen MR) is 106 cm³/mol. The van der Waals surface area contributed by atoms with Crippen LogP contribution in [0.5, 0.6) is 5.75 Å². The number of hydrogen-bond acceptors (Lipinski definition) is 6. The van der Waals surface area contributed by atoms with Gasteiger partial charge >= 0.3 is 6.03 Å². The number of rotatable bonds is 3. The van der Waals surface area contributed by atoms with Crippen molar-refractivity contribution >= 4 is 67.2 Å². The summed E-state index contributed by atoms with van der Waals surface area (Å²) in [6.45, 7) is 0. The van der Waals surface area contributed by atoms with Crippen molar-refractivity contribution in [3.8, 4) is 5.75 Å². The van der Waals surface area contributed by atoms with Crippen molar-refractivity contribution in [3.63, 3.8) is 0 Å². The van der Waals surface area contributed by atoms with Crippen LogP contribution in [0, 0.1) is 10.1 Å². The van der Waals surface area contributed by atoms with Crippen LogP contribution in [-0.4, -0.2) is 27.9 Å². The van der Waals surface area contributed by atoms with Gasteiger partial charge in [0.15, 0.2) is 0 Å². The third kappa shape index (κ3) is 3.66. The maximum Gasteiger partial charge on any atom is 0.335 e. The fourth-order valence-corrected chi connectivity index (χ4v) is 3.19. The summed E-state index contributed by atoms with van der Waals surface area (Å²) in [5, 5.41) is 23.2. The van der Waals surface area contributed by atoms with Gasteiger partial charge in [0, 0.05) is 22.2 Å². The van der Waals surface area contributed by atoms with E-state index < -0.39 is 34.1 Å². The first-order valence-electron chi connectivity index (χ1n) is 7.53. The Morgan fingerprint density at radius 1 is 1.11 bits per heavy atom. The van der Waals surface area contributed by atoms with Gasteiger partial charge in [-0.15, -0.1) is 0 Å². The molecule has 0 spiro atoms. The van der Waals surface area contributed by atoms with Crippen LogP contribution in [0.3, 0.4) is 0 Å². The van der Waals surface area contributed by atoms with Crippen LogP contribution in [0.15, 0.2) is 50.9 Å². The van der Waals surface area contributed by atoms with Crippen molar-refractivity contribution < 1.29 is 24.4 Å². The number of carbonyl (C=O) groups excluding carboxylic acids is 3. The summed E-state index contributed by atoms with van der Waals surface area (Å²) in [6.07, 6.45) is 0.989. The van der Waals surface area contributed by atoms with Crippen LogP contribution >= 0.6 is 31.9 Å². The molecule has 0 atom stereocenters. The minimum absolute atomic E-state index is 0.0121. The van der Waals surface area contributed by atoms with Gasteiger partial charge in [0.05, 0.1) is 15.1 Å². The number of non-ortho nitro benzene ring substituents is 1. The molecule has 0 aliphatic carbocycles. The van der Waals surface area contributed by atoms with Gasteiger partial charge in [0.2, 0.25) is 0 Å². The maximum atomic E-state index is 12.8. The molecule has 28 heavy (non-hydrogen) atoms. The van der Waals surface area contributed by atoms with Gasteiger partial charge in [-0.2, -0.15) is 0 Å². The van der Waals surface area contributed by atoms with Gasteiger partial charge in [-0.05, 0) is 46.3 Å². The highest BCUT2D eigenvalue weighted by Crippen LogP contribution is 2.34. The Labute approximate surface area is 174 Å². The minimum atomic E-state index is -0.981. The second-order valence-corrected chi connectivity index (χ2v) is 7.33. The van der Waals surface area contributed by atoms with E-state index in [1.807, 2.05) is 5.32 Å². The zero-order chi connectivity index (χ0) is 20.6. The maximum absolute atomic E-state index is 12.8. The lowest BCUT2D eigenvalue weighted by molar-refractivity contribution is -0.385. The van der Waals surface area contributed by atoms with Gasteiger partial charge in [-0.25, -0.2) is 9.69 Å². The molecule has 9 nitrogen and oxygen atoms in total. The van der Waals surface area contributed by atoms with Crippen molar-refractivity contribution in [3.05, 3.63) is 66.6 Å². The van der Waals surface area contributed by atoms with E-state index in [2.05, 4.69) is 31.9 Å². The standard InChI is InChI=1S/C17H9Br2N3O6/c18-9-1-3-10(4-2-9)21-16(25)12(15(24)20-17(21)26)6-8-5-11(22(27)28)7-13(19)14(8)23/h1-7,23H,(H,20,24,26)/b12-6+. The van der Waals surface area contributed by atoms with Gasteiger partial charge in [-0.1, -0.05) is 15.9 Å². The molecule has 0 bridgehead atoms. The first-order chi connectivity index (χ1) is 13.2. The van der Waals surface area contributed by atoms with Crippen LogP contribution in [-0.2, 0) is 9.59 Å². The van der Waals surface area contributed by atoms with E-state index in [0.29, 0.717) is 0 Å². The fraction of sp³-hybridized carbons (Fsp3) is 0. The van der Waals surface area contributed by atoms with E-state index in [1.54, 1.807) is 12.1 Å². The predicted octanol–water partition coefficient (Wildman–Crippen LogP) is 3.49. The number of nitrogens with one attached hydrogen (secondary N) is 1. The molecule has 1 heterocycles. The Balaban J connectivity index is 2.09. The molecule has 2 aromatic rings. The zero-order valence-electron chi connectivity index (χ0n) is 13.7. The summed E-state index contributed by atoms with van der Waals surface area (Å²) in [5.74, 6) is -2.31. The van der Waals surface area contributed by atoms with Crippen molar-refractivity contribution in [1.29, 1.82) is 0 Å². The third-order valence-electron chi connectivity index (χ3n) is 3.77. The molecule has 11 heteroatoms. The monoisotopic (exact) mass is 509 g/mol. The van der Waals surface area contributed by atoms with E-state index >= 15 is 0 Å². The largest absolute Gasteiger partial charge is 0.506 e. The summed E-state index contributed by atoms with van der Waals surface area (Å²) in [4.78, 5) is 48.2. The molecule has 2 N–H and O–H groups in total. The molecule has 0 radical (unpaired) electrons. The number of hydrogen-bond donors (Lipinski definition) is 2. The van der Waals surface area contributed by atoms with Crippen molar-refractivity contribution in [1.82, 2.24) is 5.32 Å². The Morgan fingerprint density at radius 3 is 2.36 bits per heavy atom. The lowest BCUT2D eigenvalue weighted by Gasteiger charge is -2.26. The van der Waals surface area contributed by atoms with Gasteiger partial charge in [-0.3, -0.25) is 25.0 Å². The second kappa shape index (κ2) is 7.52. The molecule has 1 fully saturated rings. The molecular formula is C17H9Br2N3O6. The molecule has 1 aliphatic rings. The highest BCUT2D eigenvalue weighted by atomic mass is 79.9. The quantitative estimate of drug-likeness (QED) is 0.281. The highest BCUT2D eigenvalue weighted by Gasteiger charge is 2.37. The number of aromatic hydroxyl groups is 1. The Kier molecular flexibility index (Phi) is 5.29. The number of anilines is 1.